The number of hydrogen-bond acceptors (Lipinski definition) is 2. The van der Waals surface area contributed by atoms with E-state index in [2.05, 4.69) is 11.1 Å². The average Bonchev–Trinajstić information content (AvgIpc) is 3.10. The van der Waals surface area contributed by atoms with Gasteiger partial charge in [0.25, 0.3) is 11.8 Å². The first-order valence-electron chi connectivity index (χ1n) is 8.68. The number of carbonyl (C=O) groups excluding carboxylic acids is 2. The van der Waals surface area contributed by atoms with Crippen molar-refractivity contribution < 1.29 is 9.59 Å². The van der Waals surface area contributed by atoms with Gasteiger partial charge in [0, 0.05) is 23.1 Å². The number of amides is 2. The van der Waals surface area contributed by atoms with Crippen LogP contribution in [0.25, 0.3) is 10.9 Å². The van der Waals surface area contributed by atoms with Crippen molar-refractivity contribution in [3.05, 3.63) is 70.9 Å². The van der Waals surface area contributed by atoms with Crippen molar-refractivity contribution in [1.82, 2.24) is 9.88 Å². The molecule has 0 atom stereocenters. The Morgan fingerprint density at radius 1 is 0.880 bits per heavy atom. The molecule has 2 aromatic carbocycles. The molecule has 0 bridgehead atoms. The summed E-state index contributed by atoms with van der Waals surface area (Å²) >= 11 is 0. The fraction of sp³-hybridized carbons (Fsp3) is 0.238. The summed E-state index contributed by atoms with van der Waals surface area (Å²) < 4.78 is 0. The Labute approximate surface area is 147 Å². The highest BCUT2D eigenvalue weighted by Crippen LogP contribution is 2.25. The fourth-order valence-corrected chi connectivity index (χ4v) is 3.32. The van der Waals surface area contributed by atoms with E-state index in [1.807, 2.05) is 39.0 Å². The summed E-state index contributed by atoms with van der Waals surface area (Å²) in [4.78, 5) is 29.5. The van der Waals surface area contributed by atoms with Crippen LogP contribution in [0.4, 0.5) is 0 Å². The molecule has 0 saturated heterocycles. The first-order valence-corrected chi connectivity index (χ1v) is 8.68. The van der Waals surface area contributed by atoms with E-state index < -0.39 is 0 Å². The number of carbonyl (C=O) groups is 2. The van der Waals surface area contributed by atoms with Crippen LogP contribution < -0.4 is 0 Å². The zero-order chi connectivity index (χ0) is 18.0. The molecule has 128 valence electrons. The minimum Gasteiger partial charge on any atom is -0.358 e. The zero-order valence-electron chi connectivity index (χ0n) is 14.8. The van der Waals surface area contributed by atoms with Crippen LogP contribution in [0.5, 0.6) is 0 Å². The number of nitrogens with one attached hydrogen (secondary N) is 1. The summed E-state index contributed by atoms with van der Waals surface area (Å²) in [6.45, 7) is 6.42. The molecule has 2 heterocycles. The van der Waals surface area contributed by atoms with Crippen molar-refractivity contribution >= 4 is 22.7 Å². The van der Waals surface area contributed by atoms with Crippen molar-refractivity contribution in [2.75, 3.05) is 6.54 Å². The third-order valence-electron chi connectivity index (χ3n) is 4.49. The van der Waals surface area contributed by atoms with Gasteiger partial charge in [0.15, 0.2) is 0 Å². The number of aromatic nitrogens is 1. The summed E-state index contributed by atoms with van der Waals surface area (Å²) in [7, 11) is 0. The number of hydrogen-bond donors (Lipinski definition) is 1. The van der Waals surface area contributed by atoms with E-state index in [9.17, 15) is 9.59 Å². The molecule has 4 nitrogen and oxygen atoms in total. The molecule has 1 N–H and O–H groups in total. The quantitative estimate of drug-likeness (QED) is 0.724. The van der Waals surface area contributed by atoms with E-state index in [1.165, 1.54) is 4.90 Å². The lowest BCUT2D eigenvalue weighted by Gasteiger charge is -2.13. The molecule has 1 aliphatic rings. The van der Waals surface area contributed by atoms with E-state index in [4.69, 9.17) is 0 Å². The van der Waals surface area contributed by atoms with Gasteiger partial charge in [0.2, 0.25) is 0 Å². The lowest BCUT2D eigenvalue weighted by molar-refractivity contribution is 0.0656. The number of nitrogens with zero attached hydrogens (tertiary/aromatic N) is 1. The normalized spacial score (nSPS) is 13.0. The zero-order valence-corrected chi connectivity index (χ0v) is 14.8. The molecule has 3 aromatic rings. The van der Waals surface area contributed by atoms with Crippen LogP contribution in [0, 0.1) is 6.92 Å². The monoisotopic (exact) mass is 334 g/mol. The van der Waals surface area contributed by atoms with E-state index in [1.54, 1.807) is 24.3 Å². The first-order chi connectivity index (χ1) is 12.2. The van der Waals surface area contributed by atoms with Crippen molar-refractivity contribution in [1.29, 1.82) is 0 Å². The number of H-pyrrole nitrogens is 1. The smallest absolute Gasteiger partial charge is 0.261 e. The third-order valence-corrected chi connectivity index (χ3v) is 4.49. The number of aryl methyl sites for hydroxylation is 1. The fourth-order valence-electron chi connectivity index (χ4n) is 3.32. The van der Waals surface area contributed by atoms with Crippen LogP contribution in [-0.2, 0) is 6.42 Å². The average molecular weight is 334 g/mol. The van der Waals surface area contributed by atoms with E-state index >= 15 is 0 Å². The predicted molar refractivity (Wildman–Crippen MR) is 99.9 cm³/mol. The first kappa shape index (κ1) is 17.0. The van der Waals surface area contributed by atoms with Crippen LogP contribution in [0.3, 0.4) is 0 Å². The Bertz CT molecular complexity index is 905. The number of benzene rings is 2. The Hall–Kier alpha value is -2.88. The van der Waals surface area contributed by atoms with Crippen LogP contribution in [0.2, 0.25) is 0 Å². The minimum atomic E-state index is -0.192. The molecule has 25 heavy (non-hydrogen) atoms. The molecule has 1 aromatic heterocycles. The highest BCUT2D eigenvalue weighted by molar-refractivity contribution is 6.21. The second-order valence-corrected chi connectivity index (χ2v) is 5.83. The molecule has 0 radical (unpaired) electrons. The Kier molecular flexibility index (Phi) is 4.70. The van der Waals surface area contributed by atoms with Gasteiger partial charge >= 0.3 is 0 Å². The minimum absolute atomic E-state index is 0.192. The second kappa shape index (κ2) is 6.93. The topological polar surface area (TPSA) is 53.2 Å². The molecule has 2 amide bonds. The maximum absolute atomic E-state index is 12.4. The molecule has 4 rings (SSSR count). The molecular weight excluding hydrogens is 312 g/mol. The van der Waals surface area contributed by atoms with Gasteiger partial charge in [0.05, 0.1) is 11.1 Å². The lowest BCUT2D eigenvalue weighted by Crippen LogP contribution is -2.31. The molecule has 0 unspecified atom stereocenters. The predicted octanol–water partition coefficient (Wildman–Crippen LogP) is 4.34. The molecule has 0 saturated carbocycles. The summed E-state index contributed by atoms with van der Waals surface area (Å²) in [6, 6.07) is 15.1. The van der Waals surface area contributed by atoms with Gasteiger partial charge in [-0.15, -0.1) is 0 Å². The van der Waals surface area contributed by atoms with E-state index in [0.717, 1.165) is 22.2 Å². The van der Waals surface area contributed by atoms with Gasteiger partial charge in [-0.25, -0.2) is 0 Å². The van der Waals surface area contributed by atoms with Crippen molar-refractivity contribution in [3.8, 4) is 0 Å². The number of para-hydroxylation sites is 1. The van der Waals surface area contributed by atoms with Gasteiger partial charge < -0.3 is 4.98 Å². The number of aromatic amines is 1. The molecular formula is C21H22N2O2. The highest BCUT2D eigenvalue weighted by atomic mass is 16.2. The summed E-state index contributed by atoms with van der Waals surface area (Å²) in [6.07, 6.45) is 0.654. The number of rotatable bonds is 3. The van der Waals surface area contributed by atoms with Crippen molar-refractivity contribution in [3.63, 3.8) is 0 Å². The largest absolute Gasteiger partial charge is 0.358 e. The van der Waals surface area contributed by atoms with Gasteiger partial charge in [-0.2, -0.15) is 0 Å². The molecule has 0 fully saturated rings. The lowest BCUT2D eigenvalue weighted by atomic mass is 10.1. The Morgan fingerprint density at radius 3 is 2.08 bits per heavy atom. The Morgan fingerprint density at radius 2 is 1.44 bits per heavy atom. The van der Waals surface area contributed by atoms with E-state index in [-0.39, 0.29) is 11.8 Å². The standard InChI is InChI=1S/C19H16N2O2.C2H6/c1-12-13(14-6-4-5-9-17(14)20-12)10-11-21-18(22)15-7-2-3-8-16(15)19(21)23;1-2/h2-9,20H,10-11H2,1H3;1-2H3. The second-order valence-electron chi connectivity index (χ2n) is 5.83. The van der Waals surface area contributed by atoms with Crippen molar-refractivity contribution in [2.24, 2.45) is 0 Å². The molecule has 0 spiro atoms. The van der Waals surface area contributed by atoms with Crippen LogP contribution >= 0.6 is 0 Å². The number of fused-ring (bicyclic) bond motifs is 2. The summed E-state index contributed by atoms with van der Waals surface area (Å²) in [5, 5.41) is 1.15. The van der Waals surface area contributed by atoms with Crippen LogP contribution in [0.15, 0.2) is 48.5 Å². The van der Waals surface area contributed by atoms with Crippen molar-refractivity contribution in [2.45, 2.75) is 27.2 Å². The maximum Gasteiger partial charge on any atom is 0.261 e. The number of imide groups is 1. The molecule has 0 aliphatic carbocycles. The van der Waals surface area contributed by atoms with Crippen LogP contribution in [-0.4, -0.2) is 28.2 Å². The molecule has 1 aliphatic heterocycles. The SMILES string of the molecule is CC.Cc1[nH]c2ccccc2c1CCN1C(=O)c2ccccc2C1=O. The summed E-state index contributed by atoms with van der Waals surface area (Å²) in [5.74, 6) is -0.383. The third kappa shape index (κ3) is 2.84. The van der Waals surface area contributed by atoms with Gasteiger partial charge in [0.1, 0.15) is 0 Å². The highest BCUT2D eigenvalue weighted by Gasteiger charge is 2.34. The summed E-state index contributed by atoms with van der Waals surface area (Å²) in [5.41, 5.74) is 4.35. The van der Waals surface area contributed by atoms with Gasteiger partial charge in [-0.1, -0.05) is 44.2 Å². The molecule has 4 heteroatoms. The van der Waals surface area contributed by atoms with Gasteiger partial charge in [-0.05, 0) is 37.1 Å². The van der Waals surface area contributed by atoms with Crippen LogP contribution in [0.1, 0.15) is 45.8 Å². The maximum atomic E-state index is 12.4. The van der Waals surface area contributed by atoms with Gasteiger partial charge in [-0.3, -0.25) is 14.5 Å². The Balaban J connectivity index is 0.000000880. The van der Waals surface area contributed by atoms with E-state index in [0.29, 0.717) is 24.1 Å².